The number of carboxylic acids is 1. The zero-order valence-electron chi connectivity index (χ0n) is 7.51. The number of carbonyl (C=O) groups is 1. The van der Waals surface area contributed by atoms with E-state index in [1.165, 1.54) is 18.2 Å². The van der Waals surface area contributed by atoms with Crippen LogP contribution in [0.5, 0.6) is 0 Å². The van der Waals surface area contributed by atoms with Gasteiger partial charge in [-0.3, -0.25) is 4.79 Å². The number of hydrogen-bond acceptors (Lipinski definition) is 1. The average Bonchev–Trinajstić information content (AvgIpc) is 2.08. The molecule has 0 heterocycles. The molecule has 0 aliphatic rings. The first-order valence-electron chi connectivity index (χ1n) is 4.03. The fraction of sp³-hybridized carbons (Fsp3) is 0.100. The number of aliphatic carboxylic acids is 1. The van der Waals surface area contributed by atoms with E-state index < -0.39 is 11.8 Å². The monoisotopic (exact) mass is 336 g/mol. The summed E-state index contributed by atoms with van der Waals surface area (Å²) in [6, 6.07) is 3.02. The summed E-state index contributed by atoms with van der Waals surface area (Å²) in [4.78, 5) is 10.2. The predicted molar refractivity (Wildman–Crippen MR) is 63.1 cm³/mol. The highest BCUT2D eigenvalue weighted by atomic mass is 79.9. The zero-order valence-corrected chi connectivity index (χ0v) is 10.7. The van der Waals surface area contributed by atoms with Crippen molar-refractivity contribution in [3.05, 3.63) is 38.5 Å². The Labute approximate surface area is 103 Å². The molecule has 1 N–H and O–H groups in total. The van der Waals surface area contributed by atoms with Crippen molar-refractivity contribution in [3.63, 3.8) is 0 Å². The van der Waals surface area contributed by atoms with E-state index in [1.54, 1.807) is 6.07 Å². The molecule has 80 valence electrons. The minimum absolute atomic E-state index is 0.123. The van der Waals surface area contributed by atoms with E-state index in [2.05, 4.69) is 31.9 Å². The van der Waals surface area contributed by atoms with E-state index >= 15 is 0 Å². The van der Waals surface area contributed by atoms with E-state index in [4.69, 9.17) is 5.11 Å². The van der Waals surface area contributed by atoms with Gasteiger partial charge in [-0.05, 0) is 12.1 Å². The van der Waals surface area contributed by atoms with Crippen molar-refractivity contribution in [1.29, 1.82) is 0 Å². The van der Waals surface area contributed by atoms with Gasteiger partial charge in [0.2, 0.25) is 0 Å². The van der Waals surface area contributed by atoms with Crippen molar-refractivity contribution >= 4 is 43.9 Å². The number of benzene rings is 1. The fourth-order valence-corrected chi connectivity index (χ4v) is 2.30. The molecule has 0 spiro atoms. The van der Waals surface area contributed by atoms with Gasteiger partial charge in [0.15, 0.2) is 0 Å². The molecule has 0 aliphatic heterocycles. The van der Waals surface area contributed by atoms with Crippen LogP contribution in [-0.2, 0) is 4.79 Å². The SMILES string of the molecule is O=C(O)CC=Cc1c(F)cc(Br)cc1Br. The maximum Gasteiger partial charge on any atom is 0.307 e. The first-order chi connectivity index (χ1) is 7.00. The lowest BCUT2D eigenvalue weighted by atomic mass is 10.2. The molecule has 0 radical (unpaired) electrons. The smallest absolute Gasteiger partial charge is 0.307 e. The summed E-state index contributed by atoms with van der Waals surface area (Å²) in [6.45, 7) is 0. The highest BCUT2D eigenvalue weighted by Crippen LogP contribution is 2.26. The minimum Gasteiger partial charge on any atom is -0.481 e. The maximum atomic E-state index is 13.4. The zero-order chi connectivity index (χ0) is 11.4. The second kappa shape index (κ2) is 5.42. The number of hydrogen-bond donors (Lipinski definition) is 1. The van der Waals surface area contributed by atoms with Gasteiger partial charge in [0.05, 0.1) is 6.42 Å². The Bertz CT molecular complexity index is 393. The number of carboxylic acid groups (broad SMARTS) is 1. The highest BCUT2D eigenvalue weighted by Gasteiger charge is 2.05. The molecule has 0 unspecified atom stereocenters. The maximum absolute atomic E-state index is 13.4. The molecule has 0 saturated heterocycles. The predicted octanol–water partition coefficient (Wildman–Crippen LogP) is 3.84. The summed E-state index contributed by atoms with van der Waals surface area (Å²) < 4.78 is 14.6. The highest BCUT2D eigenvalue weighted by molar-refractivity contribution is 9.11. The van der Waals surface area contributed by atoms with Crippen LogP contribution in [-0.4, -0.2) is 11.1 Å². The van der Waals surface area contributed by atoms with Crippen LogP contribution >= 0.6 is 31.9 Å². The lowest BCUT2D eigenvalue weighted by Crippen LogP contribution is -1.90. The summed E-state index contributed by atoms with van der Waals surface area (Å²) in [6.07, 6.45) is 2.72. The molecular formula is C10H7Br2FO2. The Balaban J connectivity index is 2.94. The van der Waals surface area contributed by atoms with Gasteiger partial charge in [-0.15, -0.1) is 0 Å². The molecule has 0 aliphatic carbocycles. The largest absolute Gasteiger partial charge is 0.481 e. The molecular weight excluding hydrogens is 331 g/mol. The van der Waals surface area contributed by atoms with E-state index in [1.807, 2.05) is 0 Å². The van der Waals surface area contributed by atoms with Gasteiger partial charge in [0.1, 0.15) is 5.82 Å². The van der Waals surface area contributed by atoms with Crippen LogP contribution in [0.15, 0.2) is 27.2 Å². The second-order valence-electron chi connectivity index (χ2n) is 2.78. The minimum atomic E-state index is -0.945. The Morgan fingerprint density at radius 3 is 2.67 bits per heavy atom. The van der Waals surface area contributed by atoms with Crippen LogP contribution in [0.2, 0.25) is 0 Å². The van der Waals surface area contributed by atoms with Crippen LogP contribution in [0.3, 0.4) is 0 Å². The molecule has 5 heteroatoms. The van der Waals surface area contributed by atoms with E-state index in [-0.39, 0.29) is 6.42 Å². The van der Waals surface area contributed by atoms with E-state index in [0.717, 1.165) is 0 Å². The third-order valence-electron chi connectivity index (χ3n) is 1.62. The molecule has 15 heavy (non-hydrogen) atoms. The lowest BCUT2D eigenvalue weighted by Gasteiger charge is -2.01. The first kappa shape index (κ1) is 12.4. The Hall–Kier alpha value is -0.680. The third-order valence-corrected chi connectivity index (χ3v) is 2.73. The molecule has 0 amide bonds. The molecule has 1 rings (SSSR count). The Kier molecular flexibility index (Phi) is 4.47. The third kappa shape index (κ3) is 3.76. The van der Waals surface area contributed by atoms with Gasteiger partial charge in [-0.2, -0.15) is 0 Å². The Morgan fingerprint density at radius 2 is 2.13 bits per heavy atom. The Morgan fingerprint density at radius 1 is 1.47 bits per heavy atom. The van der Waals surface area contributed by atoms with Gasteiger partial charge in [-0.25, -0.2) is 4.39 Å². The quantitative estimate of drug-likeness (QED) is 0.909. The number of rotatable bonds is 3. The molecule has 0 aromatic heterocycles. The lowest BCUT2D eigenvalue weighted by molar-refractivity contribution is -0.135. The van der Waals surface area contributed by atoms with Crippen LogP contribution in [0.25, 0.3) is 6.08 Å². The van der Waals surface area contributed by atoms with E-state index in [0.29, 0.717) is 14.5 Å². The molecule has 0 saturated carbocycles. The molecule has 0 atom stereocenters. The van der Waals surface area contributed by atoms with Gasteiger partial charge >= 0.3 is 5.97 Å². The molecule has 0 fully saturated rings. The summed E-state index contributed by atoms with van der Waals surface area (Å²) in [7, 11) is 0. The second-order valence-corrected chi connectivity index (χ2v) is 4.55. The normalized spacial score (nSPS) is 10.9. The van der Waals surface area contributed by atoms with Crippen molar-refractivity contribution < 1.29 is 14.3 Å². The van der Waals surface area contributed by atoms with Crippen LogP contribution in [0, 0.1) is 5.82 Å². The first-order valence-corrected chi connectivity index (χ1v) is 5.62. The molecule has 0 bridgehead atoms. The van der Waals surface area contributed by atoms with Gasteiger partial charge in [0, 0.05) is 14.5 Å². The van der Waals surface area contributed by atoms with Gasteiger partial charge in [0.25, 0.3) is 0 Å². The van der Waals surface area contributed by atoms with Crippen molar-refractivity contribution in [2.24, 2.45) is 0 Å². The van der Waals surface area contributed by atoms with Crippen LogP contribution < -0.4 is 0 Å². The molecule has 1 aromatic carbocycles. The van der Waals surface area contributed by atoms with Crippen LogP contribution in [0.4, 0.5) is 4.39 Å². The summed E-state index contributed by atoms with van der Waals surface area (Å²) in [5.41, 5.74) is 0.347. The van der Waals surface area contributed by atoms with Crippen molar-refractivity contribution in [3.8, 4) is 0 Å². The van der Waals surface area contributed by atoms with Gasteiger partial charge in [-0.1, -0.05) is 44.0 Å². The molecule has 2 nitrogen and oxygen atoms in total. The standard InChI is InChI=1S/C10H7Br2FO2/c11-6-4-8(12)7(9(13)5-6)2-1-3-10(14)15/h1-2,4-5H,3H2,(H,14,15). The summed E-state index contributed by atoms with van der Waals surface area (Å²) in [5.74, 6) is -1.35. The topological polar surface area (TPSA) is 37.3 Å². The van der Waals surface area contributed by atoms with Crippen molar-refractivity contribution in [1.82, 2.24) is 0 Å². The summed E-state index contributed by atoms with van der Waals surface area (Å²) >= 11 is 6.35. The average molecular weight is 338 g/mol. The fourth-order valence-electron chi connectivity index (χ4n) is 0.990. The number of halogens is 3. The van der Waals surface area contributed by atoms with Gasteiger partial charge < -0.3 is 5.11 Å². The van der Waals surface area contributed by atoms with Crippen molar-refractivity contribution in [2.75, 3.05) is 0 Å². The summed E-state index contributed by atoms with van der Waals surface area (Å²) in [5, 5.41) is 8.41. The van der Waals surface area contributed by atoms with Crippen LogP contribution in [0.1, 0.15) is 12.0 Å². The molecule has 1 aromatic rings. The van der Waals surface area contributed by atoms with Crippen molar-refractivity contribution in [2.45, 2.75) is 6.42 Å². The van der Waals surface area contributed by atoms with E-state index in [9.17, 15) is 9.18 Å².